The zero-order valence-corrected chi connectivity index (χ0v) is 17.3. The minimum absolute atomic E-state index is 0.0619. The number of hydrogen-bond donors (Lipinski definition) is 2. The summed E-state index contributed by atoms with van der Waals surface area (Å²) in [5.74, 6) is -0.645. The molecule has 7 nitrogen and oxygen atoms in total. The van der Waals surface area contributed by atoms with Crippen molar-refractivity contribution in [2.75, 3.05) is 14.2 Å². The third-order valence-electron chi connectivity index (χ3n) is 4.53. The predicted octanol–water partition coefficient (Wildman–Crippen LogP) is 3.58. The number of ether oxygens (including phenoxy) is 1. The molecule has 1 heterocycles. The maximum Gasteiger partial charge on any atom is 0.250 e. The highest BCUT2D eigenvalue weighted by molar-refractivity contribution is 6.34. The van der Waals surface area contributed by atoms with Crippen molar-refractivity contribution in [2.24, 2.45) is 10.7 Å². The predicted molar refractivity (Wildman–Crippen MR) is 114 cm³/mol. The van der Waals surface area contributed by atoms with Crippen LogP contribution in [0.1, 0.15) is 24.5 Å². The van der Waals surface area contributed by atoms with E-state index in [-0.39, 0.29) is 27.9 Å². The van der Waals surface area contributed by atoms with Crippen LogP contribution in [-0.2, 0) is 4.79 Å². The third kappa shape index (κ3) is 4.83. The Morgan fingerprint density at radius 1 is 1.40 bits per heavy atom. The molecule has 3 N–H and O–H groups in total. The van der Waals surface area contributed by atoms with Gasteiger partial charge in [-0.15, -0.1) is 0 Å². The minimum atomic E-state index is -0.789. The summed E-state index contributed by atoms with van der Waals surface area (Å²) >= 11 is 6.00. The lowest BCUT2D eigenvalue weighted by molar-refractivity contribution is -0.114. The number of carbonyl (C=O) groups is 1. The molecule has 1 aliphatic carbocycles. The first-order valence-electron chi connectivity index (χ1n) is 9.16. The molecule has 0 unspecified atom stereocenters. The summed E-state index contributed by atoms with van der Waals surface area (Å²) in [6, 6.07) is 2.46. The Bertz CT molecular complexity index is 1050. The van der Waals surface area contributed by atoms with Crippen LogP contribution in [0.3, 0.4) is 0 Å². The van der Waals surface area contributed by atoms with Crippen molar-refractivity contribution in [3.63, 3.8) is 0 Å². The summed E-state index contributed by atoms with van der Waals surface area (Å²) in [7, 11) is 3.02. The van der Waals surface area contributed by atoms with Crippen LogP contribution in [-0.4, -0.2) is 35.7 Å². The Morgan fingerprint density at radius 2 is 2.13 bits per heavy atom. The highest BCUT2D eigenvalue weighted by atomic mass is 35.5. The molecule has 1 fully saturated rings. The number of nitrogens with zero attached hydrogens (tertiary/aromatic N) is 3. The molecule has 3 rings (SSSR count). The molecule has 0 bridgehead atoms. The zero-order valence-electron chi connectivity index (χ0n) is 16.6. The van der Waals surface area contributed by atoms with Gasteiger partial charge in [-0.25, -0.2) is 9.38 Å². The molecule has 1 saturated carbocycles. The first-order valence-corrected chi connectivity index (χ1v) is 9.54. The van der Waals surface area contributed by atoms with Crippen molar-refractivity contribution in [3.05, 3.63) is 59.4 Å². The molecule has 0 atom stereocenters. The van der Waals surface area contributed by atoms with E-state index in [0.29, 0.717) is 17.2 Å². The molecule has 1 amide bonds. The van der Waals surface area contributed by atoms with E-state index >= 15 is 0 Å². The average molecular weight is 430 g/mol. The fraction of sp³-hybridized carbons (Fsp3) is 0.238. The van der Waals surface area contributed by atoms with Gasteiger partial charge in [0.25, 0.3) is 0 Å². The number of aromatic nitrogens is 2. The zero-order chi connectivity index (χ0) is 21.8. The Hall–Kier alpha value is -3.26. The number of methoxy groups -OCH3 is 1. The van der Waals surface area contributed by atoms with Gasteiger partial charge < -0.3 is 15.8 Å². The summed E-state index contributed by atoms with van der Waals surface area (Å²) in [4.78, 5) is 24.8. The maximum atomic E-state index is 14.4. The molecule has 156 valence electrons. The first kappa shape index (κ1) is 21.4. The van der Waals surface area contributed by atoms with Gasteiger partial charge in [-0.2, -0.15) is 0 Å². The van der Waals surface area contributed by atoms with E-state index in [2.05, 4.69) is 26.9 Å². The summed E-state index contributed by atoms with van der Waals surface area (Å²) in [5.41, 5.74) is 7.15. The number of rotatable bonds is 8. The van der Waals surface area contributed by atoms with E-state index in [1.165, 1.54) is 25.3 Å². The van der Waals surface area contributed by atoms with E-state index in [9.17, 15) is 9.18 Å². The number of nitrogens with two attached hydrogens (primary N) is 1. The fourth-order valence-corrected chi connectivity index (χ4v) is 2.87. The minimum Gasteiger partial charge on any atom is -0.494 e. The summed E-state index contributed by atoms with van der Waals surface area (Å²) in [5, 5.41) is 2.89. The van der Waals surface area contributed by atoms with Crippen LogP contribution in [0.2, 0.25) is 0 Å². The van der Waals surface area contributed by atoms with Gasteiger partial charge in [0.05, 0.1) is 36.0 Å². The van der Waals surface area contributed by atoms with Gasteiger partial charge in [-0.05, 0) is 25.0 Å². The molecule has 1 aromatic carbocycles. The molecular weight excluding hydrogens is 409 g/mol. The molecule has 0 spiro atoms. The molecule has 0 aliphatic heterocycles. The number of benzene rings is 1. The number of primary amides is 1. The van der Waals surface area contributed by atoms with E-state index in [1.54, 1.807) is 19.4 Å². The third-order valence-corrected chi connectivity index (χ3v) is 4.83. The van der Waals surface area contributed by atoms with E-state index < -0.39 is 11.7 Å². The van der Waals surface area contributed by atoms with Gasteiger partial charge in [0.1, 0.15) is 16.7 Å². The molecule has 30 heavy (non-hydrogen) atoms. The van der Waals surface area contributed by atoms with Gasteiger partial charge in [-0.1, -0.05) is 18.2 Å². The standard InChI is InChI=1S/C21H21ClFN5O2/c1-11(21(24)29)15(8-19(22)25-2)28-16-7-13(23)6-14(20(16)30-3)18-10-26-17(9-27-18)12-4-5-12/h6-10,12,25H,1,4-5H2,2-3H3,(H2,24,29)/b19-8-,28-15?. The molecule has 0 radical (unpaired) electrons. The van der Waals surface area contributed by atoms with Crippen LogP contribution < -0.4 is 15.8 Å². The van der Waals surface area contributed by atoms with Crippen LogP contribution in [0.15, 0.2) is 52.9 Å². The highest BCUT2D eigenvalue weighted by Crippen LogP contribution is 2.41. The fourth-order valence-electron chi connectivity index (χ4n) is 2.77. The maximum absolute atomic E-state index is 14.4. The van der Waals surface area contributed by atoms with Crippen LogP contribution in [0.4, 0.5) is 10.1 Å². The van der Waals surface area contributed by atoms with Gasteiger partial charge in [0.2, 0.25) is 5.91 Å². The van der Waals surface area contributed by atoms with E-state index in [4.69, 9.17) is 22.1 Å². The van der Waals surface area contributed by atoms with Crippen LogP contribution in [0, 0.1) is 5.82 Å². The van der Waals surface area contributed by atoms with Crippen molar-refractivity contribution < 1.29 is 13.9 Å². The van der Waals surface area contributed by atoms with Crippen molar-refractivity contribution >= 4 is 28.9 Å². The normalized spacial score (nSPS) is 14.4. The average Bonchev–Trinajstić information content (AvgIpc) is 3.57. The highest BCUT2D eigenvalue weighted by Gasteiger charge is 2.25. The summed E-state index contributed by atoms with van der Waals surface area (Å²) < 4.78 is 19.9. The van der Waals surface area contributed by atoms with Gasteiger partial charge in [0.15, 0.2) is 5.75 Å². The molecule has 1 aromatic heterocycles. The molecule has 1 aliphatic rings. The smallest absolute Gasteiger partial charge is 0.250 e. The lowest BCUT2D eigenvalue weighted by Gasteiger charge is -2.13. The Balaban J connectivity index is 2.12. The van der Waals surface area contributed by atoms with Crippen molar-refractivity contribution in [2.45, 2.75) is 18.8 Å². The van der Waals surface area contributed by atoms with Crippen LogP contribution in [0.25, 0.3) is 11.3 Å². The van der Waals surface area contributed by atoms with Gasteiger partial charge in [-0.3, -0.25) is 14.8 Å². The second-order valence-electron chi connectivity index (χ2n) is 6.69. The number of amides is 1. The lowest BCUT2D eigenvalue weighted by Crippen LogP contribution is -2.19. The summed E-state index contributed by atoms with van der Waals surface area (Å²) in [6.45, 7) is 3.64. The Morgan fingerprint density at radius 3 is 2.67 bits per heavy atom. The lowest BCUT2D eigenvalue weighted by atomic mass is 10.1. The van der Waals surface area contributed by atoms with Crippen LogP contribution >= 0.6 is 11.6 Å². The van der Waals surface area contributed by atoms with Crippen molar-refractivity contribution in [1.82, 2.24) is 15.3 Å². The number of allylic oxidation sites excluding steroid dienone is 1. The number of carbonyl (C=O) groups excluding carboxylic acids is 1. The first-order chi connectivity index (χ1) is 14.3. The largest absolute Gasteiger partial charge is 0.494 e. The van der Waals surface area contributed by atoms with Crippen molar-refractivity contribution in [1.29, 1.82) is 0 Å². The van der Waals surface area contributed by atoms with Gasteiger partial charge in [0, 0.05) is 30.8 Å². The van der Waals surface area contributed by atoms with Crippen LogP contribution in [0.5, 0.6) is 5.75 Å². The van der Waals surface area contributed by atoms with Gasteiger partial charge >= 0.3 is 0 Å². The molecule has 0 saturated heterocycles. The summed E-state index contributed by atoms with van der Waals surface area (Å²) in [6.07, 6.45) is 6.84. The second-order valence-corrected chi connectivity index (χ2v) is 7.10. The Kier molecular flexibility index (Phi) is 6.47. The van der Waals surface area contributed by atoms with E-state index in [0.717, 1.165) is 18.5 Å². The van der Waals surface area contributed by atoms with E-state index in [1.807, 2.05) is 0 Å². The monoisotopic (exact) mass is 429 g/mol. The molecule has 9 heteroatoms. The Labute approximate surface area is 178 Å². The number of aliphatic imine (C=N–C) groups is 1. The SMILES string of the molecule is C=C(C(N)=O)C(/C=C(/Cl)NC)=Nc1cc(F)cc(-c2cnc(C3CC3)cn2)c1OC. The number of halogens is 2. The number of nitrogens with one attached hydrogen (secondary N) is 1. The van der Waals surface area contributed by atoms with Crippen molar-refractivity contribution in [3.8, 4) is 17.0 Å². The quantitative estimate of drug-likeness (QED) is 0.379. The topological polar surface area (TPSA) is 102 Å². The molecule has 2 aromatic rings. The second kappa shape index (κ2) is 9.04. The number of hydrogen-bond acceptors (Lipinski definition) is 6. The molecular formula is C21H21ClFN5O2.